The van der Waals surface area contributed by atoms with Crippen LogP contribution in [0.2, 0.25) is 10.0 Å². The Labute approximate surface area is 125 Å². The van der Waals surface area contributed by atoms with Gasteiger partial charge in [-0.3, -0.25) is 9.89 Å². The first-order valence-electron chi connectivity index (χ1n) is 5.72. The Morgan fingerprint density at radius 1 is 1.45 bits per heavy atom. The van der Waals surface area contributed by atoms with Crippen molar-refractivity contribution in [2.24, 2.45) is 0 Å². The van der Waals surface area contributed by atoms with Gasteiger partial charge in [0.2, 0.25) is 0 Å². The number of nitrogens with zero attached hydrogens (tertiary/aromatic N) is 3. The maximum Gasteiger partial charge on any atom is 0.260 e. The minimum Gasteiger partial charge on any atom is -0.482 e. The number of ether oxygens (including phenoxy) is 1. The van der Waals surface area contributed by atoms with E-state index in [0.29, 0.717) is 28.2 Å². The molecular weight excluding hydrogens is 303 g/mol. The van der Waals surface area contributed by atoms with Crippen LogP contribution in [0.1, 0.15) is 5.82 Å². The van der Waals surface area contributed by atoms with Gasteiger partial charge in [-0.05, 0) is 12.1 Å². The molecule has 6 nitrogen and oxygen atoms in total. The van der Waals surface area contributed by atoms with Gasteiger partial charge in [0.25, 0.3) is 5.91 Å². The Morgan fingerprint density at radius 2 is 2.25 bits per heavy atom. The maximum absolute atomic E-state index is 11.9. The quantitative estimate of drug-likeness (QED) is 0.918. The monoisotopic (exact) mass is 314 g/mol. The Morgan fingerprint density at radius 3 is 2.95 bits per heavy atom. The molecule has 0 saturated heterocycles. The normalized spacial score (nSPS) is 10.3. The molecule has 1 amide bonds. The molecule has 1 heterocycles. The molecule has 0 fully saturated rings. The van der Waals surface area contributed by atoms with Gasteiger partial charge in [0.05, 0.1) is 11.6 Å². The van der Waals surface area contributed by atoms with Crippen molar-refractivity contribution in [1.82, 2.24) is 20.1 Å². The highest BCUT2D eigenvalue weighted by atomic mass is 35.5. The summed E-state index contributed by atoms with van der Waals surface area (Å²) in [6.07, 6.45) is 1.38. The lowest BCUT2D eigenvalue weighted by Crippen LogP contribution is -2.31. The van der Waals surface area contributed by atoms with E-state index in [4.69, 9.17) is 27.9 Å². The highest BCUT2D eigenvalue weighted by molar-refractivity contribution is 6.34. The average molecular weight is 315 g/mol. The highest BCUT2D eigenvalue weighted by Crippen LogP contribution is 2.27. The number of rotatable bonds is 5. The molecule has 0 aliphatic heterocycles. The van der Waals surface area contributed by atoms with Gasteiger partial charge in [0.1, 0.15) is 17.9 Å². The molecule has 0 aliphatic carbocycles. The molecule has 106 valence electrons. The van der Waals surface area contributed by atoms with Gasteiger partial charge in [0.15, 0.2) is 6.61 Å². The molecule has 20 heavy (non-hydrogen) atoms. The first-order valence-corrected chi connectivity index (χ1v) is 6.48. The Balaban J connectivity index is 1.89. The van der Waals surface area contributed by atoms with Crippen molar-refractivity contribution in [3.8, 4) is 5.75 Å². The smallest absolute Gasteiger partial charge is 0.260 e. The van der Waals surface area contributed by atoms with Gasteiger partial charge < -0.3 is 9.64 Å². The topological polar surface area (TPSA) is 71.1 Å². The molecule has 2 aromatic rings. The van der Waals surface area contributed by atoms with Gasteiger partial charge in [0, 0.05) is 18.1 Å². The maximum atomic E-state index is 11.9. The molecule has 0 bridgehead atoms. The number of nitrogens with one attached hydrogen (secondary N) is 1. The van der Waals surface area contributed by atoms with Crippen molar-refractivity contribution in [2.75, 3.05) is 13.7 Å². The van der Waals surface area contributed by atoms with Crippen LogP contribution in [0.25, 0.3) is 0 Å². The molecule has 0 saturated carbocycles. The number of halogens is 2. The van der Waals surface area contributed by atoms with Crippen LogP contribution in [0.15, 0.2) is 24.5 Å². The third-order valence-corrected chi connectivity index (χ3v) is 3.07. The summed E-state index contributed by atoms with van der Waals surface area (Å²) in [5.41, 5.74) is 0. The molecule has 1 aromatic carbocycles. The minimum absolute atomic E-state index is 0.134. The standard InChI is InChI=1S/C12H12Cl2N4O2/c1-18(5-11-15-7-16-17-11)12(19)6-20-10-4-8(13)2-3-9(10)14/h2-4,7H,5-6H2,1H3,(H,15,16,17). The van der Waals surface area contributed by atoms with E-state index in [2.05, 4.69) is 15.2 Å². The lowest BCUT2D eigenvalue weighted by atomic mass is 10.3. The molecule has 8 heteroatoms. The summed E-state index contributed by atoms with van der Waals surface area (Å²) in [5.74, 6) is 0.764. The summed E-state index contributed by atoms with van der Waals surface area (Å²) in [4.78, 5) is 17.3. The molecule has 1 N–H and O–H groups in total. The number of hydrogen-bond donors (Lipinski definition) is 1. The van der Waals surface area contributed by atoms with Crippen LogP contribution >= 0.6 is 23.2 Å². The summed E-state index contributed by atoms with van der Waals surface area (Å²) < 4.78 is 5.37. The number of hydrogen-bond acceptors (Lipinski definition) is 4. The van der Waals surface area contributed by atoms with Crippen molar-refractivity contribution in [3.05, 3.63) is 40.4 Å². The van der Waals surface area contributed by atoms with Crippen LogP contribution in [-0.4, -0.2) is 39.6 Å². The second-order valence-electron chi connectivity index (χ2n) is 4.05. The second-order valence-corrected chi connectivity index (χ2v) is 4.89. The van der Waals surface area contributed by atoms with E-state index in [1.807, 2.05) is 0 Å². The van der Waals surface area contributed by atoms with E-state index in [1.165, 1.54) is 11.2 Å². The fourth-order valence-electron chi connectivity index (χ4n) is 1.46. The van der Waals surface area contributed by atoms with Gasteiger partial charge in [-0.15, -0.1) is 0 Å². The predicted octanol–water partition coefficient (Wildman–Crippen LogP) is 2.15. The first kappa shape index (κ1) is 14.6. The number of aromatic nitrogens is 3. The van der Waals surface area contributed by atoms with Crippen molar-refractivity contribution < 1.29 is 9.53 Å². The highest BCUT2D eigenvalue weighted by Gasteiger charge is 2.12. The van der Waals surface area contributed by atoms with Crippen molar-refractivity contribution in [1.29, 1.82) is 0 Å². The van der Waals surface area contributed by atoms with Crippen LogP contribution < -0.4 is 4.74 Å². The number of aromatic amines is 1. The molecule has 0 atom stereocenters. The van der Waals surface area contributed by atoms with Gasteiger partial charge in [-0.2, -0.15) is 5.10 Å². The number of amides is 1. The van der Waals surface area contributed by atoms with E-state index in [9.17, 15) is 4.79 Å². The number of carbonyl (C=O) groups is 1. The zero-order valence-corrected chi connectivity index (χ0v) is 12.1. The van der Waals surface area contributed by atoms with E-state index in [0.717, 1.165) is 0 Å². The third kappa shape index (κ3) is 3.85. The molecule has 2 rings (SSSR count). The molecule has 0 aliphatic rings. The summed E-state index contributed by atoms with van der Waals surface area (Å²) >= 11 is 11.8. The number of benzene rings is 1. The zero-order valence-electron chi connectivity index (χ0n) is 10.6. The lowest BCUT2D eigenvalue weighted by molar-refractivity contribution is -0.132. The predicted molar refractivity (Wildman–Crippen MR) is 74.8 cm³/mol. The van der Waals surface area contributed by atoms with Crippen molar-refractivity contribution >= 4 is 29.1 Å². The van der Waals surface area contributed by atoms with Crippen LogP contribution in [-0.2, 0) is 11.3 Å². The fraction of sp³-hybridized carbons (Fsp3) is 0.250. The number of H-pyrrole nitrogens is 1. The summed E-state index contributed by atoms with van der Waals surface area (Å²) in [7, 11) is 1.65. The molecule has 0 unspecified atom stereocenters. The molecule has 1 aromatic heterocycles. The molecule has 0 spiro atoms. The van der Waals surface area contributed by atoms with Gasteiger partial charge in [-0.25, -0.2) is 4.98 Å². The minimum atomic E-state index is -0.211. The van der Waals surface area contributed by atoms with Crippen LogP contribution in [0.5, 0.6) is 5.75 Å². The summed E-state index contributed by atoms with van der Waals surface area (Å²) in [6, 6.07) is 4.82. The number of carbonyl (C=O) groups excluding carboxylic acids is 1. The Hall–Kier alpha value is -1.79. The molecular formula is C12H12Cl2N4O2. The van der Waals surface area contributed by atoms with E-state index in [1.54, 1.807) is 25.2 Å². The number of likely N-dealkylation sites (N-methyl/N-ethyl adjacent to an activating group) is 1. The van der Waals surface area contributed by atoms with Crippen molar-refractivity contribution in [3.63, 3.8) is 0 Å². The summed E-state index contributed by atoms with van der Waals surface area (Å²) in [5, 5.41) is 7.29. The van der Waals surface area contributed by atoms with E-state index >= 15 is 0 Å². The largest absolute Gasteiger partial charge is 0.482 e. The lowest BCUT2D eigenvalue weighted by Gasteiger charge is -2.16. The third-order valence-electron chi connectivity index (χ3n) is 2.52. The molecule has 0 radical (unpaired) electrons. The van der Waals surface area contributed by atoms with Gasteiger partial charge in [-0.1, -0.05) is 23.2 Å². The SMILES string of the molecule is CN(Cc1ncn[nH]1)C(=O)COc1cc(Cl)ccc1Cl. The van der Waals surface area contributed by atoms with Gasteiger partial charge >= 0.3 is 0 Å². The Kier molecular flexibility index (Phi) is 4.81. The van der Waals surface area contributed by atoms with E-state index in [-0.39, 0.29) is 12.5 Å². The summed E-state index contributed by atoms with van der Waals surface area (Å²) in [6.45, 7) is 0.191. The van der Waals surface area contributed by atoms with Crippen LogP contribution in [0.4, 0.5) is 0 Å². The Bertz CT molecular complexity index is 589. The first-order chi connectivity index (χ1) is 9.56. The van der Waals surface area contributed by atoms with Crippen molar-refractivity contribution in [2.45, 2.75) is 6.54 Å². The van der Waals surface area contributed by atoms with Crippen LogP contribution in [0, 0.1) is 0 Å². The second kappa shape index (κ2) is 6.58. The fourth-order valence-corrected chi connectivity index (χ4v) is 1.79. The average Bonchev–Trinajstić information content (AvgIpc) is 2.92. The zero-order chi connectivity index (χ0) is 14.5. The van der Waals surface area contributed by atoms with Crippen LogP contribution in [0.3, 0.4) is 0 Å². The van der Waals surface area contributed by atoms with E-state index < -0.39 is 0 Å².